The number of rotatable bonds is 6. The van der Waals surface area contributed by atoms with E-state index in [-0.39, 0.29) is 0 Å². The van der Waals surface area contributed by atoms with Gasteiger partial charge in [-0.3, -0.25) is 4.21 Å². The number of aryl methyl sites for hydroxylation is 1. The van der Waals surface area contributed by atoms with Crippen LogP contribution in [0.15, 0.2) is 0 Å². The third-order valence-corrected chi connectivity index (χ3v) is 3.67. The summed E-state index contributed by atoms with van der Waals surface area (Å²) in [5.74, 6) is 1.26. The van der Waals surface area contributed by atoms with Gasteiger partial charge in [-0.15, -0.1) is 5.10 Å². The predicted molar refractivity (Wildman–Crippen MR) is 79.4 cm³/mol. The molecule has 0 saturated heterocycles. The molecule has 0 aliphatic heterocycles. The molecule has 1 aromatic rings. The normalized spacial score (nSPS) is 12.2. The van der Waals surface area contributed by atoms with Crippen LogP contribution in [0.3, 0.4) is 0 Å². The predicted octanol–water partition coefficient (Wildman–Crippen LogP) is 0.908. The Hall–Kier alpha value is -1.08. The van der Waals surface area contributed by atoms with Crippen LogP contribution in [0.2, 0.25) is 0 Å². The number of nitrogens with zero attached hydrogens (tertiary/aromatic N) is 2. The number of hydrogen-bond donors (Lipinski definition) is 2. The minimum atomic E-state index is -0.772. The summed E-state index contributed by atoms with van der Waals surface area (Å²) in [5.41, 5.74) is 8.22. The molecule has 100 valence electrons. The van der Waals surface area contributed by atoms with Gasteiger partial charge < -0.3 is 11.1 Å². The Morgan fingerprint density at radius 3 is 2.67 bits per heavy atom. The van der Waals surface area contributed by atoms with Crippen molar-refractivity contribution < 1.29 is 4.21 Å². The SMILES string of the molecule is Cc1nnc(NCCCS(C)=O)c(C(N)=S)c1C. The van der Waals surface area contributed by atoms with Crippen molar-refractivity contribution in [3.05, 3.63) is 16.8 Å². The molecular weight excluding hydrogens is 268 g/mol. The van der Waals surface area contributed by atoms with Crippen molar-refractivity contribution >= 4 is 33.8 Å². The molecule has 0 saturated carbocycles. The van der Waals surface area contributed by atoms with Crippen molar-refractivity contribution in [3.8, 4) is 0 Å². The van der Waals surface area contributed by atoms with E-state index in [1.807, 2.05) is 13.8 Å². The van der Waals surface area contributed by atoms with Crippen molar-refractivity contribution in [2.24, 2.45) is 5.73 Å². The minimum Gasteiger partial charge on any atom is -0.389 e. The van der Waals surface area contributed by atoms with Gasteiger partial charge in [0.05, 0.1) is 11.3 Å². The Morgan fingerprint density at radius 1 is 1.44 bits per heavy atom. The van der Waals surface area contributed by atoms with Gasteiger partial charge in [-0.1, -0.05) is 12.2 Å². The van der Waals surface area contributed by atoms with E-state index in [2.05, 4.69) is 15.5 Å². The smallest absolute Gasteiger partial charge is 0.159 e. The molecule has 1 unspecified atom stereocenters. The van der Waals surface area contributed by atoms with Crippen LogP contribution < -0.4 is 11.1 Å². The second-order valence-electron chi connectivity index (χ2n) is 4.06. The zero-order valence-electron chi connectivity index (χ0n) is 10.8. The molecule has 5 nitrogen and oxygen atoms in total. The first kappa shape index (κ1) is 15.0. The topological polar surface area (TPSA) is 80.9 Å². The highest BCUT2D eigenvalue weighted by Crippen LogP contribution is 2.18. The van der Waals surface area contributed by atoms with E-state index < -0.39 is 10.8 Å². The van der Waals surface area contributed by atoms with Gasteiger partial charge in [-0.25, -0.2) is 0 Å². The molecule has 7 heteroatoms. The Bertz CT molecular complexity index is 476. The molecule has 0 aliphatic rings. The Labute approximate surface area is 115 Å². The van der Waals surface area contributed by atoms with Crippen LogP contribution >= 0.6 is 12.2 Å². The molecule has 1 rings (SSSR count). The number of nitrogens with two attached hydrogens (primary N) is 1. The number of hydrogen-bond acceptors (Lipinski definition) is 5. The molecule has 0 fully saturated rings. The molecule has 3 N–H and O–H groups in total. The molecular formula is C11H18N4OS2. The maximum Gasteiger partial charge on any atom is 0.159 e. The Balaban J connectivity index is 2.79. The van der Waals surface area contributed by atoms with E-state index in [9.17, 15) is 4.21 Å². The average Bonchev–Trinajstić information content (AvgIpc) is 2.28. The fraction of sp³-hybridized carbons (Fsp3) is 0.545. The fourth-order valence-electron chi connectivity index (χ4n) is 1.52. The maximum absolute atomic E-state index is 10.9. The first-order valence-electron chi connectivity index (χ1n) is 5.61. The average molecular weight is 286 g/mol. The fourth-order valence-corrected chi connectivity index (χ4v) is 2.32. The van der Waals surface area contributed by atoms with Gasteiger partial charge in [0.2, 0.25) is 0 Å². The highest BCUT2D eigenvalue weighted by atomic mass is 32.2. The first-order valence-corrected chi connectivity index (χ1v) is 7.74. The summed E-state index contributed by atoms with van der Waals surface area (Å²) >= 11 is 5.04. The van der Waals surface area contributed by atoms with Gasteiger partial charge in [0.15, 0.2) is 5.82 Å². The van der Waals surface area contributed by atoms with E-state index in [4.69, 9.17) is 18.0 Å². The number of aromatic nitrogens is 2. The van der Waals surface area contributed by atoms with Gasteiger partial charge in [0.1, 0.15) is 4.99 Å². The standard InChI is InChI=1S/C11H18N4OS2/c1-7-8(2)14-15-11(9(7)10(12)17)13-5-4-6-18(3)16/h4-6H2,1-3H3,(H2,12,17)(H,13,15). The molecule has 0 aliphatic carbocycles. The summed E-state index contributed by atoms with van der Waals surface area (Å²) in [6, 6.07) is 0. The summed E-state index contributed by atoms with van der Waals surface area (Å²) < 4.78 is 10.9. The Kier molecular flexibility index (Phi) is 5.61. The van der Waals surface area contributed by atoms with Crippen molar-refractivity contribution in [1.82, 2.24) is 10.2 Å². The summed E-state index contributed by atoms with van der Waals surface area (Å²) in [6.45, 7) is 4.46. The summed E-state index contributed by atoms with van der Waals surface area (Å²) in [6.07, 6.45) is 2.49. The van der Waals surface area contributed by atoms with Gasteiger partial charge in [0.25, 0.3) is 0 Å². The number of nitrogens with one attached hydrogen (secondary N) is 1. The summed E-state index contributed by atoms with van der Waals surface area (Å²) in [4.78, 5) is 0.312. The largest absolute Gasteiger partial charge is 0.389 e. The Morgan fingerprint density at radius 2 is 2.11 bits per heavy atom. The second kappa shape index (κ2) is 6.75. The third-order valence-electron chi connectivity index (χ3n) is 2.60. The summed E-state index contributed by atoms with van der Waals surface area (Å²) in [5, 5.41) is 11.3. The van der Waals surface area contributed by atoms with Crippen LogP contribution in [0.5, 0.6) is 0 Å². The lowest BCUT2D eigenvalue weighted by molar-refractivity contribution is 0.685. The van der Waals surface area contributed by atoms with Crippen molar-refractivity contribution in [1.29, 1.82) is 0 Å². The lowest BCUT2D eigenvalue weighted by Crippen LogP contribution is -2.19. The van der Waals surface area contributed by atoms with Crippen LogP contribution in [0, 0.1) is 13.8 Å². The minimum absolute atomic E-state index is 0.312. The highest BCUT2D eigenvalue weighted by Gasteiger charge is 2.12. The third kappa shape index (κ3) is 3.99. The molecule has 1 heterocycles. The molecule has 0 aromatic carbocycles. The quantitative estimate of drug-likeness (QED) is 0.597. The van der Waals surface area contributed by atoms with Crippen LogP contribution in [0.1, 0.15) is 23.2 Å². The second-order valence-corrected chi connectivity index (χ2v) is 6.05. The van der Waals surface area contributed by atoms with E-state index in [0.717, 1.165) is 23.2 Å². The zero-order chi connectivity index (χ0) is 13.7. The van der Waals surface area contributed by atoms with Crippen LogP contribution in [-0.2, 0) is 10.8 Å². The van der Waals surface area contributed by atoms with Crippen LogP contribution in [0.25, 0.3) is 0 Å². The van der Waals surface area contributed by atoms with Crippen LogP contribution in [0.4, 0.5) is 5.82 Å². The summed E-state index contributed by atoms with van der Waals surface area (Å²) in [7, 11) is -0.772. The van der Waals surface area contributed by atoms with Crippen molar-refractivity contribution in [2.45, 2.75) is 20.3 Å². The van der Waals surface area contributed by atoms with Gasteiger partial charge in [0, 0.05) is 29.4 Å². The molecule has 0 radical (unpaired) electrons. The van der Waals surface area contributed by atoms with E-state index in [0.29, 0.717) is 23.1 Å². The molecule has 1 atom stereocenters. The lowest BCUT2D eigenvalue weighted by Gasteiger charge is -2.12. The molecule has 0 amide bonds. The number of thiocarbonyl (C=S) groups is 1. The van der Waals surface area contributed by atoms with Crippen LogP contribution in [-0.4, -0.2) is 37.9 Å². The zero-order valence-corrected chi connectivity index (χ0v) is 12.5. The van der Waals surface area contributed by atoms with Gasteiger partial charge in [-0.2, -0.15) is 5.10 Å². The highest BCUT2D eigenvalue weighted by molar-refractivity contribution is 7.84. The van der Waals surface area contributed by atoms with Crippen molar-refractivity contribution in [3.63, 3.8) is 0 Å². The van der Waals surface area contributed by atoms with E-state index >= 15 is 0 Å². The van der Waals surface area contributed by atoms with E-state index in [1.54, 1.807) is 6.26 Å². The molecule has 0 spiro atoms. The monoisotopic (exact) mass is 286 g/mol. The first-order chi connectivity index (χ1) is 8.43. The molecule has 1 aromatic heterocycles. The van der Waals surface area contributed by atoms with E-state index in [1.165, 1.54) is 0 Å². The maximum atomic E-state index is 10.9. The molecule has 18 heavy (non-hydrogen) atoms. The molecule has 0 bridgehead atoms. The number of anilines is 1. The van der Waals surface area contributed by atoms with Gasteiger partial charge >= 0.3 is 0 Å². The van der Waals surface area contributed by atoms with Gasteiger partial charge in [-0.05, 0) is 25.8 Å². The van der Waals surface area contributed by atoms with Crippen molar-refractivity contribution in [2.75, 3.05) is 23.9 Å². The lowest BCUT2D eigenvalue weighted by atomic mass is 10.1.